The normalized spacial score (nSPS) is 14.2. The monoisotopic (exact) mass is 274 g/mol. The minimum atomic E-state index is -0.271. The van der Waals surface area contributed by atoms with E-state index in [9.17, 15) is 4.39 Å². The Morgan fingerprint density at radius 3 is 2.90 bits per heavy atom. The molecule has 0 saturated carbocycles. The quantitative estimate of drug-likeness (QED) is 0.859. The van der Waals surface area contributed by atoms with Crippen molar-refractivity contribution in [2.45, 2.75) is 39.2 Å². The Labute approximate surface area is 118 Å². The number of hydrogen-bond donors (Lipinski definition) is 0. The molecule has 0 saturated heterocycles. The Hall–Kier alpha value is -1.84. The van der Waals surface area contributed by atoms with Crippen molar-refractivity contribution in [2.75, 3.05) is 7.11 Å². The number of nitrogens with zero attached hydrogens (tertiary/aromatic N) is 2. The summed E-state index contributed by atoms with van der Waals surface area (Å²) in [4.78, 5) is 4.63. The van der Waals surface area contributed by atoms with Gasteiger partial charge in [0.1, 0.15) is 5.82 Å². The molecule has 0 spiro atoms. The van der Waals surface area contributed by atoms with Gasteiger partial charge in [-0.3, -0.25) is 0 Å². The lowest BCUT2D eigenvalue weighted by Gasteiger charge is -2.15. The predicted molar refractivity (Wildman–Crippen MR) is 75.7 cm³/mol. The number of ether oxygens (including phenoxy) is 1. The molecule has 4 heteroatoms. The summed E-state index contributed by atoms with van der Waals surface area (Å²) < 4.78 is 21.5. The standard InChI is InChI=1S/C16H19FN2O/c1-11-18-13-7-3-4-8-14(13)19(11)10-12-6-5-9-15(20-2)16(12)17/h5-6,9H,3-4,7-8,10H2,1-2H3. The number of aromatic nitrogens is 2. The zero-order chi connectivity index (χ0) is 14.1. The lowest BCUT2D eigenvalue weighted by molar-refractivity contribution is 0.383. The van der Waals surface area contributed by atoms with Gasteiger partial charge in [-0.1, -0.05) is 12.1 Å². The third-order valence-electron chi connectivity index (χ3n) is 4.02. The van der Waals surface area contributed by atoms with Gasteiger partial charge in [-0.05, 0) is 38.7 Å². The summed E-state index contributed by atoms with van der Waals surface area (Å²) in [5.41, 5.74) is 3.12. The molecule has 1 aliphatic rings. The number of halogens is 1. The minimum absolute atomic E-state index is 0.271. The van der Waals surface area contributed by atoms with Crippen LogP contribution in [0.3, 0.4) is 0 Å². The van der Waals surface area contributed by atoms with Gasteiger partial charge in [-0.25, -0.2) is 9.37 Å². The fourth-order valence-electron chi connectivity index (χ4n) is 2.95. The minimum Gasteiger partial charge on any atom is -0.494 e. The molecule has 0 N–H and O–H groups in total. The van der Waals surface area contributed by atoms with Crippen LogP contribution in [0.2, 0.25) is 0 Å². The summed E-state index contributed by atoms with van der Waals surface area (Å²) >= 11 is 0. The molecule has 3 rings (SSSR count). The van der Waals surface area contributed by atoms with E-state index in [0.29, 0.717) is 17.9 Å². The van der Waals surface area contributed by atoms with Crippen LogP contribution in [-0.4, -0.2) is 16.7 Å². The van der Waals surface area contributed by atoms with Crippen molar-refractivity contribution in [3.63, 3.8) is 0 Å². The van der Waals surface area contributed by atoms with E-state index in [1.54, 1.807) is 6.07 Å². The van der Waals surface area contributed by atoms with Gasteiger partial charge in [0.2, 0.25) is 0 Å². The smallest absolute Gasteiger partial charge is 0.170 e. The number of methoxy groups -OCH3 is 1. The van der Waals surface area contributed by atoms with E-state index in [4.69, 9.17) is 4.74 Å². The number of benzene rings is 1. The summed E-state index contributed by atoms with van der Waals surface area (Å²) in [7, 11) is 1.49. The number of aryl methyl sites for hydroxylation is 2. The van der Waals surface area contributed by atoms with Crippen LogP contribution in [0.25, 0.3) is 0 Å². The first-order valence-corrected chi connectivity index (χ1v) is 7.07. The maximum Gasteiger partial charge on any atom is 0.170 e. The summed E-state index contributed by atoms with van der Waals surface area (Å²) in [6.07, 6.45) is 4.49. The predicted octanol–water partition coefficient (Wildman–Crippen LogP) is 3.27. The lowest BCUT2D eigenvalue weighted by Crippen LogP contribution is -2.11. The van der Waals surface area contributed by atoms with Crippen LogP contribution in [0.1, 0.15) is 35.6 Å². The molecule has 0 fully saturated rings. The molecule has 0 atom stereocenters. The zero-order valence-electron chi connectivity index (χ0n) is 11.9. The van der Waals surface area contributed by atoms with Crippen molar-refractivity contribution in [1.82, 2.24) is 9.55 Å². The lowest BCUT2D eigenvalue weighted by atomic mass is 10.0. The van der Waals surface area contributed by atoms with E-state index in [1.165, 1.54) is 31.3 Å². The average Bonchev–Trinajstić information content (AvgIpc) is 2.77. The van der Waals surface area contributed by atoms with Crippen LogP contribution < -0.4 is 4.74 Å². The summed E-state index contributed by atoms with van der Waals surface area (Å²) in [5.74, 6) is 1.00. The number of fused-ring (bicyclic) bond motifs is 1. The van der Waals surface area contributed by atoms with E-state index in [0.717, 1.165) is 18.7 Å². The van der Waals surface area contributed by atoms with Crippen molar-refractivity contribution in [2.24, 2.45) is 0 Å². The molecular formula is C16H19FN2O. The zero-order valence-corrected chi connectivity index (χ0v) is 11.9. The second-order valence-corrected chi connectivity index (χ2v) is 5.28. The Morgan fingerprint density at radius 2 is 2.10 bits per heavy atom. The molecule has 1 aromatic heterocycles. The third kappa shape index (κ3) is 2.19. The first-order chi connectivity index (χ1) is 9.70. The van der Waals surface area contributed by atoms with Crippen LogP contribution in [0.5, 0.6) is 5.75 Å². The Balaban J connectivity index is 1.98. The van der Waals surface area contributed by atoms with E-state index in [1.807, 2.05) is 19.1 Å². The fourth-order valence-corrected chi connectivity index (χ4v) is 2.95. The van der Waals surface area contributed by atoms with Crippen LogP contribution in [-0.2, 0) is 19.4 Å². The molecule has 0 bridgehead atoms. The van der Waals surface area contributed by atoms with Gasteiger partial charge in [0.15, 0.2) is 11.6 Å². The Bertz CT molecular complexity index is 634. The topological polar surface area (TPSA) is 27.1 Å². The van der Waals surface area contributed by atoms with E-state index in [2.05, 4.69) is 9.55 Å². The number of rotatable bonds is 3. The molecular weight excluding hydrogens is 255 g/mol. The van der Waals surface area contributed by atoms with Gasteiger partial charge >= 0.3 is 0 Å². The van der Waals surface area contributed by atoms with Crippen molar-refractivity contribution in [3.05, 3.63) is 46.8 Å². The van der Waals surface area contributed by atoms with Crippen molar-refractivity contribution in [3.8, 4) is 5.75 Å². The first-order valence-electron chi connectivity index (χ1n) is 7.07. The van der Waals surface area contributed by atoms with Crippen LogP contribution in [0, 0.1) is 12.7 Å². The van der Waals surface area contributed by atoms with E-state index < -0.39 is 0 Å². The maximum atomic E-state index is 14.3. The Morgan fingerprint density at radius 1 is 1.30 bits per heavy atom. The van der Waals surface area contributed by atoms with Crippen molar-refractivity contribution >= 4 is 0 Å². The van der Waals surface area contributed by atoms with Gasteiger partial charge in [-0.15, -0.1) is 0 Å². The molecule has 0 aliphatic heterocycles. The molecule has 20 heavy (non-hydrogen) atoms. The molecule has 0 radical (unpaired) electrons. The highest BCUT2D eigenvalue weighted by Gasteiger charge is 2.19. The molecule has 0 unspecified atom stereocenters. The van der Waals surface area contributed by atoms with E-state index in [-0.39, 0.29) is 5.82 Å². The molecule has 1 aliphatic carbocycles. The first kappa shape index (κ1) is 13.2. The summed E-state index contributed by atoms with van der Waals surface area (Å²) in [6.45, 7) is 2.52. The maximum absolute atomic E-state index is 14.3. The van der Waals surface area contributed by atoms with Crippen molar-refractivity contribution in [1.29, 1.82) is 0 Å². The molecule has 3 nitrogen and oxygen atoms in total. The van der Waals surface area contributed by atoms with Gasteiger partial charge in [0.25, 0.3) is 0 Å². The van der Waals surface area contributed by atoms with Gasteiger partial charge in [0.05, 0.1) is 19.3 Å². The molecule has 2 aromatic rings. The second-order valence-electron chi connectivity index (χ2n) is 5.28. The van der Waals surface area contributed by atoms with Crippen LogP contribution >= 0.6 is 0 Å². The summed E-state index contributed by atoms with van der Waals surface area (Å²) in [6, 6.07) is 5.29. The molecule has 106 valence electrons. The van der Waals surface area contributed by atoms with Gasteiger partial charge < -0.3 is 9.30 Å². The number of imidazole rings is 1. The highest BCUT2D eigenvalue weighted by Crippen LogP contribution is 2.25. The summed E-state index contributed by atoms with van der Waals surface area (Å²) in [5, 5.41) is 0. The van der Waals surface area contributed by atoms with E-state index >= 15 is 0 Å². The largest absolute Gasteiger partial charge is 0.494 e. The molecule has 1 aromatic carbocycles. The van der Waals surface area contributed by atoms with Gasteiger partial charge in [-0.2, -0.15) is 0 Å². The van der Waals surface area contributed by atoms with Crippen LogP contribution in [0.15, 0.2) is 18.2 Å². The highest BCUT2D eigenvalue weighted by molar-refractivity contribution is 5.32. The molecule has 0 amide bonds. The SMILES string of the molecule is COc1cccc(Cn2c(C)nc3c2CCCC3)c1F. The number of hydrogen-bond acceptors (Lipinski definition) is 2. The fraction of sp³-hybridized carbons (Fsp3) is 0.438. The van der Waals surface area contributed by atoms with Crippen LogP contribution in [0.4, 0.5) is 4.39 Å². The Kier molecular flexibility index (Phi) is 3.47. The van der Waals surface area contributed by atoms with Crippen molar-refractivity contribution < 1.29 is 9.13 Å². The highest BCUT2D eigenvalue weighted by atomic mass is 19.1. The molecule has 1 heterocycles. The third-order valence-corrected chi connectivity index (χ3v) is 4.02. The van der Waals surface area contributed by atoms with Gasteiger partial charge in [0, 0.05) is 11.3 Å². The average molecular weight is 274 g/mol. The second kappa shape index (κ2) is 5.27.